The smallest absolute Gasteiger partial charge is 0.261 e. The van der Waals surface area contributed by atoms with Gasteiger partial charge in [-0.05, 0) is 29.8 Å². The summed E-state index contributed by atoms with van der Waals surface area (Å²) in [6.07, 6.45) is 0. The first-order valence-corrected chi connectivity index (χ1v) is 6.05. The van der Waals surface area contributed by atoms with Gasteiger partial charge in [-0.25, -0.2) is 8.78 Å². The molecule has 2 aromatic carbocycles. The summed E-state index contributed by atoms with van der Waals surface area (Å²) >= 11 is 5.67. The van der Waals surface area contributed by atoms with Crippen molar-refractivity contribution in [2.45, 2.75) is 5.88 Å². The van der Waals surface area contributed by atoms with Crippen LogP contribution in [0.15, 0.2) is 42.5 Å². The van der Waals surface area contributed by atoms with Crippen LogP contribution in [0.2, 0.25) is 0 Å². The lowest BCUT2D eigenvalue weighted by molar-refractivity contribution is 0.101. The average molecular weight is 282 g/mol. The third kappa shape index (κ3) is 3.09. The Balaban J connectivity index is 2.26. The van der Waals surface area contributed by atoms with E-state index in [-0.39, 0.29) is 5.88 Å². The van der Waals surface area contributed by atoms with Crippen molar-refractivity contribution in [2.75, 3.05) is 5.32 Å². The third-order valence-electron chi connectivity index (χ3n) is 2.53. The number of carbonyl (C=O) groups excluding carboxylic acids is 1. The summed E-state index contributed by atoms with van der Waals surface area (Å²) in [5.41, 5.74) is 0.637. The van der Waals surface area contributed by atoms with Crippen molar-refractivity contribution in [3.63, 3.8) is 0 Å². The van der Waals surface area contributed by atoms with Crippen LogP contribution < -0.4 is 5.32 Å². The molecule has 0 aliphatic rings. The standard InChI is InChI=1S/C14H10ClF2NO/c15-8-9-3-1-4-10(7-9)18-14(19)13-11(16)5-2-6-12(13)17/h1-7H,8H2,(H,18,19). The minimum Gasteiger partial charge on any atom is -0.322 e. The van der Waals surface area contributed by atoms with Gasteiger partial charge >= 0.3 is 0 Å². The zero-order valence-corrected chi connectivity index (χ0v) is 10.5. The molecule has 0 spiro atoms. The van der Waals surface area contributed by atoms with Crippen LogP contribution in [0.25, 0.3) is 0 Å². The first kappa shape index (κ1) is 13.5. The van der Waals surface area contributed by atoms with Crippen LogP contribution in [0.3, 0.4) is 0 Å². The second-order valence-electron chi connectivity index (χ2n) is 3.88. The van der Waals surface area contributed by atoms with Crippen LogP contribution in [-0.2, 0) is 5.88 Å². The summed E-state index contributed by atoms with van der Waals surface area (Å²) in [6, 6.07) is 10.0. The summed E-state index contributed by atoms with van der Waals surface area (Å²) in [6.45, 7) is 0. The fraction of sp³-hybridized carbons (Fsp3) is 0.0714. The molecule has 2 rings (SSSR count). The first-order valence-electron chi connectivity index (χ1n) is 5.52. The van der Waals surface area contributed by atoms with Crippen LogP contribution in [0.4, 0.5) is 14.5 Å². The van der Waals surface area contributed by atoms with Crippen LogP contribution in [0.5, 0.6) is 0 Å². The molecule has 19 heavy (non-hydrogen) atoms. The van der Waals surface area contributed by atoms with Gasteiger partial charge in [-0.3, -0.25) is 4.79 Å². The molecule has 1 amide bonds. The summed E-state index contributed by atoms with van der Waals surface area (Å²) in [4.78, 5) is 11.8. The van der Waals surface area contributed by atoms with Crippen LogP contribution >= 0.6 is 11.6 Å². The molecule has 0 radical (unpaired) electrons. The monoisotopic (exact) mass is 281 g/mol. The minimum absolute atomic E-state index is 0.289. The lowest BCUT2D eigenvalue weighted by Crippen LogP contribution is -2.15. The molecule has 5 heteroatoms. The molecule has 0 saturated carbocycles. The number of carbonyl (C=O) groups is 1. The SMILES string of the molecule is O=C(Nc1cccc(CCl)c1)c1c(F)cccc1F. The van der Waals surface area contributed by atoms with E-state index in [1.165, 1.54) is 6.07 Å². The predicted octanol–water partition coefficient (Wildman–Crippen LogP) is 3.96. The lowest BCUT2D eigenvalue weighted by atomic mass is 10.1. The van der Waals surface area contributed by atoms with Crippen molar-refractivity contribution in [3.8, 4) is 0 Å². The molecule has 0 saturated heterocycles. The fourth-order valence-corrected chi connectivity index (χ4v) is 1.81. The Morgan fingerprint density at radius 3 is 2.37 bits per heavy atom. The molecular weight excluding hydrogens is 272 g/mol. The van der Waals surface area contributed by atoms with Gasteiger partial charge < -0.3 is 5.32 Å². The van der Waals surface area contributed by atoms with E-state index in [0.717, 1.165) is 17.7 Å². The Morgan fingerprint density at radius 1 is 1.11 bits per heavy atom. The number of nitrogens with one attached hydrogen (secondary N) is 1. The van der Waals surface area contributed by atoms with E-state index >= 15 is 0 Å². The highest BCUT2D eigenvalue weighted by Crippen LogP contribution is 2.17. The molecule has 0 aromatic heterocycles. The Kier molecular flexibility index (Phi) is 4.12. The minimum atomic E-state index is -0.897. The molecule has 98 valence electrons. The van der Waals surface area contributed by atoms with E-state index < -0.39 is 23.1 Å². The molecule has 0 fully saturated rings. The molecule has 2 aromatic rings. The summed E-state index contributed by atoms with van der Waals surface area (Å²) < 4.78 is 26.9. The van der Waals surface area contributed by atoms with Crippen molar-refractivity contribution in [1.82, 2.24) is 0 Å². The number of alkyl halides is 1. The maximum absolute atomic E-state index is 13.4. The van der Waals surface area contributed by atoms with Gasteiger partial charge in [-0.2, -0.15) is 0 Å². The van der Waals surface area contributed by atoms with Gasteiger partial charge in [0.15, 0.2) is 0 Å². The van der Waals surface area contributed by atoms with Gasteiger partial charge in [0.25, 0.3) is 5.91 Å². The van der Waals surface area contributed by atoms with Crippen LogP contribution in [-0.4, -0.2) is 5.91 Å². The predicted molar refractivity (Wildman–Crippen MR) is 70.3 cm³/mol. The fourth-order valence-electron chi connectivity index (χ4n) is 1.64. The first-order chi connectivity index (χ1) is 9.11. The Bertz CT molecular complexity index is 596. The maximum Gasteiger partial charge on any atom is 0.261 e. The second-order valence-corrected chi connectivity index (χ2v) is 4.15. The molecular formula is C14H10ClF2NO. The van der Waals surface area contributed by atoms with Crippen LogP contribution in [0, 0.1) is 11.6 Å². The van der Waals surface area contributed by atoms with E-state index in [1.54, 1.807) is 24.3 Å². The number of anilines is 1. The van der Waals surface area contributed by atoms with Gasteiger partial charge in [-0.1, -0.05) is 18.2 Å². The summed E-state index contributed by atoms with van der Waals surface area (Å²) in [7, 11) is 0. The zero-order valence-electron chi connectivity index (χ0n) is 9.79. The molecule has 0 atom stereocenters. The summed E-state index contributed by atoms with van der Waals surface area (Å²) in [5.74, 6) is -2.34. The van der Waals surface area contributed by atoms with Crippen molar-refractivity contribution in [2.24, 2.45) is 0 Å². The van der Waals surface area contributed by atoms with Crippen molar-refractivity contribution >= 4 is 23.2 Å². The largest absolute Gasteiger partial charge is 0.322 e. The van der Waals surface area contributed by atoms with Gasteiger partial charge in [0, 0.05) is 11.6 Å². The molecule has 2 nitrogen and oxygen atoms in total. The molecule has 0 bridgehead atoms. The lowest BCUT2D eigenvalue weighted by Gasteiger charge is -2.08. The van der Waals surface area contributed by atoms with Crippen LogP contribution in [0.1, 0.15) is 15.9 Å². The van der Waals surface area contributed by atoms with E-state index in [0.29, 0.717) is 5.69 Å². The van der Waals surface area contributed by atoms with Crippen molar-refractivity contribution in [1.29, 1.82) is 0 Å². The molecule has 0 aliphatic heterocycles. The highest BCUT2D eigenvalue weighted by molar-refractivity contribution is 6.17. The molecule has 0 unspecified atom stereocenters. The van der Waals surface area contributed by atoms with Gasteiger partial charge in [-0.15, -0.1) is 11.6 Å². The summed E-state index contributed by atoms with van der Waals surface area (Å²) in [5, 5.41) is 2.44. The molecule has 1 N–H and O–H groups in total. The normalized spacial score (nSPS) is 10.3. The molecule has 0 aliphatic carbocycles. The maximum atomic E-state index is 13.4. The van der Waals surface area contributed by atoms with Gasteiger partial charge in [0.2, 0.25) is 0 Å². The second kappa shape index (κ2) is 5.80. The number of rotatable bonds is 3. The number of amides is 1. The highest BCUT2D eigenvalue weighted by atomic mass is 35.5. The Hall–Kier alpha value is -1.94. The average Bonchev–Trinajstić information content (AvgIpc) is 2.38. The van der Waals surface area contributed by atoms with E-state index in [4.69, 9.17) is 11.6 Å². The number of hydrogen-bond donors (Lipinski definition) is 1. The zero-order chi connectivity index (χ0) is 13.8. The van der Waals surface area contributed by atoms with E-state index in [2.05, 4.69) is 5.32 Å². The molecule has 0 heterocycles. The van der Waals surface area contributed by atoms with Crippen molar-refractivity contribution < 1.29 is 13.6 Å². The van der Waals surface area contributed by atoms with E-state index in [9.17, 15) is 13.6 Å². The number of hydrogen-bond acceptors (Lipinski definition) is 1. The van der Waals surface area contributed by atoms with E-state index in [1.807, 2.05) is 0 Å². The Morgan fingerprint density at radius 2 is 1.74 bits per heavy atom. The number of halogens is 3. The van der Waals surface area contributed by atoms with Gasteiger partial charge in [0.1, 0.15) is 17.2 Å². The van der Waals surface area contributed by atoms with Crippen molar-refractivity contribution in [3.05, 3.63) is 65.2 Å². The highest BCUT2D eigenvalue weighted by Gasteiger charge is 2.16. The number of benzene rings is 2. The topological polar surface area (TPSA) is 29.1 Å². The quantitative estimate of drug-likeness (QED) is 0.848. The third-order valence-corrected chi connectivity index (χ3v) is 2.84. The van der Waals surface area contributed by atoms with Gasteiger partial charge in [0.05, 0.1) is 0 Å². The Labute approximate surface area is 114 Å².